The number of esters is 1. The van der Waals surface area contributed by atoms with Crippen LogP contribution in [0.15, 0.2) is 48.8 Å². The first kappa shape index (κ1) is 29.1. The van der Waals surface area contributed by atoms with E-state index in [9.17, 15) is 19.5 Å². The third-order valence-corrected chi connectivity index (χ3v) is 7.36. The maximum Gasteiger partial charge on any atom is 0.306 e. The Balaban J connectivity index is 1.66. The Morgan fingerprint density at radius 1 is 1.05 bits per heavy atom. The molecular weight excluding hydrogens is 472 g/mol. The van der Waals surface area contributed by atoms with Crippen molar-refractivity contribution >= 4 is 17.5 Å². The Morgan fingerprint density at radius 3 is 2.57 bits per heavy atom. The number of carbonyl (C=O) groups excluding carboxylic acids is 3. The van der Waals surface area contributed by atoms with Gasteiger partial charge in [0.15, 0.2) is 17.4 Å². The number of hydrogen-bond donors (Lipinski definition) is 1. The Hall–Kier alpha value is -2.51. The van der Waals surface area contributed by atoms with E-state index in [0.29, 0.717) is 32.1 Å². The fraction of sp³-hybridized carbons (Fsp3) is 0.633. The van der Waals surface area contributed by atoms with Gasteiger partial charge in [-0.25, -0.2) is 0 Å². The predicted octanol–water partition coefficient (Wildman–Crippen LogP) is 5.57. The van der Waals surface area contributed by atoms with E-state index in [1.54, 1.807) is 18.2 Å². The Labute approximate surface area is 220 Å². The van der Waals surface area contributed by atoms with Crippen molar-refractivity contribution in [2.24, 2.45) is 0 Å². The highest BCUT2D eigenvalue weighted by Crippen LogP contribution is 2.43. The molecule has 1 N–H and O–H groups in total. The van der Waals surface area contributed by atoms with Gasteiger partial charge in [0.2, 0.25) is 0 Å². The summed E-state index contributed by atoms with van der Waals surface area (Å²) < 4.78 is 18.0. The van der Waals surface area contributed by atoms with Crippen molar-refractivity contribution in [1.82, 2.24) is 0 Å². The normalized spacial score (nSPS) is 29.6. The molecule has 1 aliphatic carbocycles. The first-order valence-corrected chi connectivity index (χ1v) is 13.7. The molecular formula is C30H42O7. The number of unbranched alkanes of at least 4 members (excludes halogenated alkanes) is 3. The van der Waals surface area contributed by atoms with Crippen LogP contribution in [0.25, 0.3) is 0 Å². The molecule has 3 rings (SSSR count). The Bertz CT molecular complexity index is 914. The summed E-state index contributed by atoms with van der Waals surface area (Å²) in [6, 6.07) is 0. The van der Waals surface area contributed by atoms with Gasteiger partial charge in [0, 0.05) is 25.3 Å². The molecule has 2 unspecified atom stereocenters. The van der Waals surface area contributed by atoms with Crippen LogP contribution in [0.4, 0.5) is 0 Å². The molecule has 0 aromatic carbocycles. The van der Waals surface area contributed by atoms with Crippen molar-refractivity contribution in [2.75, 3.05) is 0 Å². The van der Waals surface area contributed by atoms with Crippen molar-refractivity contribution in [3.8, 4) is 0 Å². The van der Waals surface area contributed by atoms with Crippen molar-refractivity contribution < 1.29 is 33.7 Å². The van der Waals surface area contributed by atoms with Crippen LogP contribution >= 0.6 is 0 Å². The minimum Gasteiger partial charge on any atom is -0.495 e. The molecule has 2 heterocycles. The number of carbonyl (C=O) groups is 3. The Morgan fingerprint density at radius 2 is 1.81 bits per heavy atom. The molecule has 1 fully saturated rings. The topological polar surface area (TPSA) is 99.1 Å². The van der Waals surface area contributed by atoms with Crippen LogP contribution in [0, 0.1) is 0 Å². The van der Waals surface area contributed by atoms with Gasteiger partial charge >= 0.3 is 5.97 Å². The summed E-state index contributed by atoms with van der Waals surface area (Å²) in [5, 5.41) is 11.3. The van der Waals surface area contributed by atoms with E-state index < -0.39 is 23.1 Å². The third-order valence-electron chi connectivity index (χ3n) is 7.36. The summed E-state index contributed by atoms with van der Waals surface area (Å²) in [7, 11) is 0. The zero-order valence-corrected chi connectivity index (χ0v) is 22.3. The standard InChI is InChI=1S/C30H42O7/c1-3-4-5-8-11-27(33)36-26(14-17-28(2)16-9-6-7-10-24(31)15-22-35-28)23-30(34)21-20-29(37-30)18-12-25(32)13-19-29/h7,10,12-13,15,18-19,22,26,34H,3-6,8-9,11,14,16-17,20-21,23H2,1-2H3/b10-7-,22-15-/t26?,28?,30-/m1/s1. The second-order valence-corrected chi connectivity index (χ2v) is 10.8. The van der Waals surface area contributed by atoms with Crippen LogP contribution < -0.4 is 0 Å². The highest BCUT2D eigenvalue weighted by molar-refractivity contribution is 6.00. The molecule has 0 aromatic heterocycles. The summed E-state index contributed by atoms with van der Waals surface area (Å²) in [6.07, 6.45) is 20.9. The average molecular weight is 515 g/mol. The lowest BCUT2D eigenvalue weighted by molar-refractivity contribution is -0.220. The molecule has 1 spiro atoms. The van der Waals surface area contributed by atoms with Gasteiger partial charge in [-0.1, -0.05) is 32.3 Å². The third kappa shape index (κ3) is 9.38. The highest BCUT2D eigenvalue weighted by Gasteiger charge is 2.48. The zero-order chi connectivity index (χ0) is 26.8. The molecule has 7 nitrogen and oxygen atoms in total. The van der Waals surface area contributed by atoms with E-state index >= 15 is 0 Å². The van der Waals surface area contributed by atoms with Crippen LogP contribution in [0.3, 0.4) is 0 Å². The lowest BCUT2D eigenvalue weighted by Crippen LogP contribution is -2.39. The number of hydrogen-bond acceptors (Lipinski definition) is 7. The van der Waals surface area contributed by atoms with Gasteiger partial charge < -0.3 is 19.3 Å². The van der Waals surface area contributed by atoms with E-state index in [1.165, 1.54) is 24.5 Å². The summed E-state index contributed by atoms with van der Waals surface area (Å²) in [5.74, 6) is -1.96. The van der Waals surface area contributed by atoms with Gasteiger partial charge in [0.05, 0.1) is 6.26 Å². The average Bonchev–Trinajstić information content (AvgIpc) is 3.18. The highest BCUT2D eigenvalue weighted by atomic mass is 16.6. The van der Waals surface area contributed by atoms with Crippen molar-refractivity contribution in [3.63, 3.8) is 0 Å². The molecule has 7 heteroatoms. The van der Waals surface area contributed by atoms with E-state index in [-0.39, 0.29) is 24.0 Å². The van der Waals surface area contributed by atoms with E-state index in [0.717, 1.165) is 44.9 Å². The molecule has 0 saturated carbocycles. The second-order valence-electron chi connectivity index (χ2n) is 10.8. The number of ketones is 2. The predicted molar refractivity (Wildman–Crippen MR) is 140 cm³/mol. The van der Waals surface area contributed by atoms with Gasteiger partial charge in [-0.3, -0.25) is 14.4 Å². The minimum atomic E-state index is -1.47. The summed E-state index contributed by atoms with van der Waals surface area (Å²) >= 11 is 0. The Kier molecular flexibility index (Phi) is 10.5. The van der Waals surface area contributed by atoms with Crippen LogP contribution in [0.5, 0.6) is 0 Å². The van der Waals surface area contributed by atoms with Gasteiger partial charge in [-0.15, -0.1) is 0 Å². The van der Waals surface area contributed by atoms with Gasteiger partial charge in [-0.2, -0.15) is 0 Å². The molecule has 0 amide bonds. The molecule has 1 saturated heterocycles. The number of allylic oxidation sites excluding steroid dienone is 5. The minimum absolute atomic E-state index is 0.107. The zero-order valence-electron chi connectivity index (χ0n) is 22.3. The fourth-order valence-corrected chi connectivity index (χ4v) is 5.11. The van der Waals surface area contributed by atoms with Crippen LogP contribution in [0.1, 0.15) is 97.3 Å². The fourth-order valence-electron chi connectivity index (χ4n) is 5.11. The van der Waals surface area contributed by atoms with Crippen LogP contribution in [0.2, 0.25) is 0 Å². The van der Waals surface area contributed by atoms with Gasteiger partial charge in [0.25, 0.3) is 0 Å². The largest absolute Gasteiger partial charge is 0.495 e. The van der Waals surface area contributed by atoms with E-state index in [1.807, 2.05) is 13.0 Å². The van der Waals surface area contributed by atoms with Crippen molar-refractivity contribution in [3.05, 3.63) is 48.8 Å². The van der Waals surface area contributed by atoms with Gasteiger partial charge in [-0.05, 0) is 82.2 Å². The molecule has 0 radical (unpaired) electrons. The first-order valence-electron chi connectivity index (χ1n) is 13.7. The van der Waals surface area contributed by atoms with Crippen molar-refractivity contribution in [1.29, 1.82) is 0 Å². The van der Waals surface area contributed by atoms with Crippen LogP contribution in [-0.4, -0.2) is 45.7 Å². The quantitative estimate of drug-likeness (QED) is 0.284. The lowest BCUT2D eigenvalue weighted by Gasteiger charge is -2.34. The van der Waals surface area contributed by atoms with Crippen molar-refractivity contribution in [2.45, 2.75) is 120 Å². The lowest BCUT2D eigenvalue weighted by atomic mass is 9.89. The maximum atomic E-state index is 12.7. The summed E-state index contributed by atoms with van der Waals surface area (Å²) in [4.78, 5) is 36.1. The molecule has 0 bridgehead atoms. The molecule has 2 aliphatic heterocycles. The number of rotatable bonds is 11. The summed E-state index contributed by atoms with van der Waals surface area (Å²) in [5.41, 5.74) is -1.35. The van der Waals surface area contributed by atoms with Crippen LogP contribution in [-0.2, 0) is 28.6 Å². The first-order chi connectivity index (χ1) is 17.6. The molecule has 0 aromatic rings. The van der Waals surface area contributed by atoms with E-state index in [4.69, 9.17) is 14.2 Å². The molecule has 37 heavy (non-hydrogen) atoms. The summed E-state index contributed by atoms with van der Waals surface area (Å²) in [6.45, 7) is 4.13. The smallest absolute Gasteiger partial charge is 0.306 e. The molecule has 204 valence electrons. The van der Waals surface area contributed by atoms with Gasteiger partial charge in [0.1, 0.15) is 17.3 Å². The SMILES string of the molecule is CCCCCCC(=O)OC(CCC1(C)CCC/C=C\C(=O)/C=C\O1)C[C@@]1(O)CCC2(C=CC(=O)C=C2)O1. The number of aliphatic hydroxyl groups is 1. The maximum absolute atomic E-state index is 12.7. The second kappa shape index (κ2) is 13.3. The molecule has 3 aliphatic rings. The van der Waals surface area contributed by atoms with E-state index in [2.05, 4.69) is 6.92 Å². The number of ether oxygens (including phenoxy) is 3. The molecule has 3 atom stereocenters. The monoisotopic (exact) mass is 514 g/mol.